The Hall–Kier alpha value is -2.14. The maximum atomic E-state index is 11.9. The summed E-state index contributed by atoms with van der Waals surface area (Å²) in [7, 11) is 1.73. The number of nitrogens with one attached hydrogen (secondary N) is 1. The number of nitrogens with two attached hydrogens (primary N) is 1. The third-order valence-corrected chi connectivity index (χ3v) is 3.09. The van der Waals surface area contributed by atoms with Crippen molar-refractivity contribution in [2.45, 2.75) is 12.1 Å². The molecule has 0 saturated heterocycles. The topological polar surface area (TPSA) is 72.9 Å². The number of carbonyl (C=O) groups is 1. The number of hydrogen-bond donors (Lipinski definition) is 2. The summed E-state index contributed by atoms with van der Waals surface area (Å²) < 4.78 is 1.83. The first-order chi connectivity index (χ1) is 8.69. The van der Waals surface area contributed by atoms with E-state index < -0.39 is 11.4 Å². The number of benzene rings is 1. The summed E-state index contributed by atoms with van der Waals surface area (Å²) in [6, 6.07) is 9.45. The highest BCUT2D eigenvalue weighted by Gasteiger charge is 2.37. The molecule has 1 atom stereocenters. The lowest BCUT2D eigenvalue weighted by Crippen LogP contribution is -2.53. The minimum atomic E-state index is -0.929. The van der Waals surface area contributed by atoms with Crippen LogP contribution < -0.4 is 11.1 Å². The number of amides is 1. The number of carbonyl (C=O) groups excluding carboxylic acids is 1. The zero-order valence-corrected chi connectivity index (χ0v) is 10.2. The summed E-state index contributed by atoms with van der Waals surface area (Å²) in [5.74, 6) is -0.412. The molecule has 0 aliphatic rings. The first kappa shape index (κ1) is 12.3. The summed E-state index contributed by atoms with van der Waals surface area (Å²) in [4.78, 5) is 15.9. The van der Waals surface area contributed by atoms with E-state index in [1.165, 1.54) is 0 Å². The Kier molecular flexibility index (Phi) is 3.43. The van der Waals surface area contributed by atoms with Crippen LogP contribution >= 0.6 is 0 Å². The van der Waals surface area contributed by atoms with Crippen molar-refractivity contribution in [1.82, 2.24) is 14.9 Å². The van der Waals surface area contributed by atoms with E-state index in [0.717, 1.165) is 5.56 Å². The number of nitrogens with zero attached hydrogens (tertiary/aromatic N) is 2. The molecule has 1 heterocycles. The summed E-state index contributed by atoms with van der Waals surface area (Å²) in [6.45, 7) is 0.406. The van der Waals surface area contributed by atoms with E-state index in [0.29, 0.717) is 6.54 Å². The van der Waals surface area contributed by atoms with Crippen LogP contribution in [0.1, 0.15) is 5.56 Å². The Balaban J connectivity index is 2.43. The van der Waals surface area contributed by atoms with Gasteiger partial charge >= 0.3 is 0 Å². The smallest absolute Gasteiger partial charge is 0.244 e. The molecule has 1 amide bonds. The van der Waals surface area contributed by atoms with Crippen molar-refractivity contribution in [1.29, 1.82) is 0 Å². The van der Waals surface area contributed by atoms with Crippen LogP contribution in [-0.2, 0) is 16.9 Å². The van der Waals surface area contributed by atoms with Crippen LogP contribution in [0.3, 0.4) is 0 Å². The predicted molar refractivity (Wildman–Crippen MR) is 68.6 cm³/mol. The maximum Gasteiger partial charge on any atom is 0.244 e. The highest BCUT2D eigenvalue weighted by molar-refractivity contribution is 5.86. The Morgan fingerprint density at radius 2 is 2.17 bits per heavy atom. The Labute approximate surface area is 106 Å². The van der Waals surface area contributed by atoms with Gasteiger partial charge in [-0.1, -0.05) is 30.3 Å². The van der Waals surface area contributed by atoms with Gasteiger partial charge in [0.05, 0.1) is 12.9 Å². The normalized spacial score (nSPS) is 14.1. The molecule has 94 valence electrons. The molecule has 5 nitrogen and oxygen atoms in total. The lowest BCUT2D eigenvalue weighted by Gasteiger charge is -2.31. The van der Waals surface area contributed by atoms with Crippen molar-refractivity contribution in [2.75, 3.05) is 7.05 Å². The number of primary amides is 1. The van der Waals surface area contributed by atoms with Crippen molar-refractivity contribution in [2.24, 2.45) is 5.73 Å². The van der Waals surface area contributed by atoms with Gasteiger partial charge in [0.1, 0.15) is 5.54 Å². The van der Waals surface area contributed by atoms with Crippen LogP contribution in [0.2, 0.25) is 0 Å². The maximum absolute atomic E-state index is 11.9. The summed E-state index contributed by atoms with van der Waals surface area (Å²) >= 11 is 0. The summed E-state index contributed by atoms with van der Waals surface area (Å²) in [5, 5.41) is 3.05. The molecule has 1 aromatic heterocycles. The highest BCUT2D eigenvalue weighted by atomic mass is 16.1. The average Bonchev–Trinajstić information content (AvgIpc) is 2.89. The second-order valence-electron chi connectivity index (χ2n) is 4.12. The Bertz CT molecular complexity index is 509. The van der Waals surface area contributed by atoms with Crippen LogP contribution in [-0.4, -0.2) is 22.5 Å². The molecule has 0 bridgehead atoms. The van der Waals surface area contributed by atoms with Crippen molar-refractivity contribution >= 4 is 5.91 Å². The molecule has 3 N–H and O–H groups in total. The van der Waals surface area contributed by atoms with E-state index in [-0.39, 0.29) is 0 Å². The zero-order valence-electron chi connectivity index (χ0n) is 10.2. The first-order valence-electron chi connectivity index (χ1n) is 5.69. The molecule has 0 aliphatic heterocycles. The molecule has 5 heteroatoms. The number of hydrogen-bond acceptors (Lipinski definition) is 3. The van der Waals surface area contributed by atoms with E-state index in [9.17, 15) is 4.79 Å². The first-order valence-corrected chi connectivity index (χ1v) is 5.69. The van der Waals surface area contributed by atoms with Crippen molar-refractivity contribution in [3.8, 4) is 0 Å². The largest absolute Gasteiger partial charge is 0.368 e. The van der Waals surface area contributed by atoms with Crippen LogP contribution in [0.4, 0.5) is 0 Å². The Morgan fingerprint density at radius 3 is 2.67 bits per heavy atom. The quantitative estimate of drug-likeness (QED) is 0.803. The fraction of sp³-hybridized carbons (Fsp3) is 0.231. The summed E-state index contributed by atoms with van der Waals surface area (Å²) in [6.07, 6.45) is 5.14. The number of likely N-dealkylation sites (N-methyl/N-ethyl adjacent to an activating group) is 1. The van der Waals surface area contributed by atoms with Crippen LogP contribution in [0.25, 0.3) is 0 Å². The minimum absolute atomic E-state index is 0.406. The number of rotatable bonds is 5. The number of imidazole rings is 1. The molecular weight excluding hydrogens is 228 g/mol. The van der Waals surface area contributed by atoms with Crippen LogP contribution in [0.5, 0.6) is 0 Å². The SMILES string of the molecule is CNC(Cn1ccnc1)(C(N)=O)c1ccccc1. The highest BCUT2D eigenvalue weighted by Crippen LogP contribution is 2.22. The van der Waals surface area contributed by atoms with Gasteiger partial charge in [-0.2, -0.15) is 0 Å². The second-order valence-corrected chi connectivity index (χ2v) is 4.12. The molecule has 1 unspecified atom stereocenters. The molecule has 18 heavy (non-hydrogen) atoms. The van der Waals surface area contributed by atoms with Gasteiger partial charge in [0, 0.05) is 12.4 Å². The van der Waals surface area contributed by atoms with E-state index in [4.69, 9.17) is 5.73 Å². The van der Waals surface area contributed by atoms with E-state index >= 15 is 0 Å². The molecule has 0 radical (unpaired) electrons. The third kappa shape index (κ3) is 2.12. The Morgan fingerprint density at radius 1 is 1.44 bits per heavy atom. The van der Waals surface area contributed by atoms with Gasteiger partial charge in [-0.05, 0) is 12.6 Å². The standard InChI is InChI=1S/C13H16N4O/c1-15-13(12(14)18,9-17-8-7-16-10-17)11-5-3-2-4-6-11/h2-8,10,15H,9H2,1H3,(H2,14,18). The second kappa shape index (κ2) is 5.01. The molecular formula is C13H16N4O. The monoisotopic (exact) mass is 244 g/mol. The van der Waals surface area contributed by atoms with E-state index in [2.05, 4.69) is 10.3 Å². The molecule has 0 saturated carbocycles. The minimum Gasteiger partial charge on any atom is -0.368 e. The van der Waals surface area contributed by atoms with Crippen molar-refractivity contribution in [3.05, 3.63) is 54.6 Å². The molecule has 0 aliphatic carbocycles. The zero-order chi connectivity index (χ0) is 13.0. The van der Waals surface area contributed by atoms with Crippen molar-refractivity contribution < 1.29 is 4.79 Å². The lowest BCUT2D eigenvalue weighted by atomic mass is 9.89. The van der Waals surface area contributed by atoms with E-state index in [1.807, 2.05) is 34.9 Å². The fourth-order valence-corrected chi connectivity index (χ4v) is 2.03. The molecule has 1 aromatic carbocycles. The summed E-state index contributed by atoms with van der Waals surface area (Å²) in [5.41, 5.74) is 5.51. The van der Waals surface area contributed by atoms with Gasteiger partial charge in [0.15, 0.2) is 0 Å². The molecule has 0 fully saturated rings. The molecule has 2 rings (SSSR count). The number of aromatic nitrogens is 2. The van der Waals surface area contributed by atoms with Crippen LogP contribution in [0.15, 0.2) is 49.1 Å². The molecule has 2 aromatic rings. The predicted octanol–water partition coefficient (Wildman–Crippen LogP) is 0.483. The van der Waals surface area contributed by atoms with Gasteiger partial charge in [0.25, 0.3) is 0 Å². The van der Waals surface area contributed by atoms with Gasteiger partial charge in [0.2, 0.25) is 5.91 Å². The van der Waals surface area contributed by atoms with Gasteiger partial charge in [-0.15, -0.1) is 0 Å². The van der Waals surface area contributed by atoms with Gasteiger partial charge < -0.3 is 15.6 Å². The average molecular weight is 244 g/mol. The van der Waals surface area contributed by atoms with Crippen molar-refractivity contribution in [3.63, 3.8) is 0 Å². The van der Waals surface area contributed by atoms with Gasteiger partial charge in [-0.3, -0.25) is 4.79 Å². The van der Waals surface area contributed by atoms with Crippen LogP contribution in [0, 0.1) is 0 Å². The molecule has 0 spiro atoms. The lowest BCUT2D eigenvalue weighted by molar-refractivity contribution is -0.125. The third-order valence-electron chi connectivity index (χ3n) is 3.09. The van der Waals surface area contributed by atoms with Gasteiger partial charge in [-0.25, -0.2) is 4.98 Å². The van der Waals surface area contributed by atoms with E-state index in [1.54, 1.807) is 25.8 Å². The fourth-order valence-electron chi connectivity index (χ4n) is 2.03.